The summed E-state index contributed by atoms with van der Waals surface area (Å²) in [5.74, 6) is 0.683. The number of benzene rings is 2. The van der Waals surface area contributed by atoms with Crippen molar-refractivity contribution in [2.45, 2.75) is 25.9 Å². The summed E-state index contributed by atoms with van der Waals surface area (Å²) < 4.78 is 45.2. The Kier molecular flexibility index (Phi) is 7.33. The third-order valence-electron chi connectivity index (χ3n) is 3.45. The Morgan fingerprint density at radius 1 is 1.08 bits per heavy atom. The predicted molar refractivity (Wildman–Crippen MR) is 95.8 cm³/mol. The molecule has 0 saturated heterocycles. The van der Waals surface area contributed by atoms with Gasteiger partial charge in [0.05, 0.1) is 11.3 Å². The Bertz CT molecular complexity index is 733. The summed E-state index contributed by atoms with van der Waals surface area (Å²) in [5, 5.41) is 4.12. The first-order chi connectivity index (χ1) is 12.4. The molecule has 0 aliphatic carbocycles. The van der Waals surface area contributed by atoms with Crippen LogP contribution in [0.25, 0.3) is 0 Å². The SMILES string of the molecule is CCC/C(=N\OCCOc1ccccc1)c1cc(Cl)ccc1C(F)(F)F. The second-order valence-electron chi connectivity index (χ2n) is 5.47. The first kappa shape index (κ1) is 20.1. The second kappa shape index (κ2) is 9.48. The molecule has 140 valence electrons. The van der Waals surface area contributed by atoms with Crippen molar-refractivity contribution in [1.82, 2.24) is 0 Å². The van der Waals surface area contributed by atoms with Crippen LogP contribution in [0.3, 0.4) is 0 Å². The zero-order valence-electron chi connectivity index (χ0n) is 14.2. The highest BCUT2D eigenvalue weighted by Gasteiger charge is 2.34. The quantitative estimate of drug-likeness (QED) is 0.319. The van der Waals surface area contributed by atoms with Gasteiger partial charge >= 0.3 is 6.18 Å². The third-order valence-corrected chi connectivity index (χ3v) is 3.68. The van der Waals surface area contributed by atoms with Crippen LogP contribution in [0, 0.1) is 0 Å². The number of nitrogens with zero attached hydrogens (tertiary/aromatic N) is 1. The maximum Gasteiger partial charge on any atom is 0.417 e. The average molecular weight is 386 g/mol. The zero-order chi connectivity index (χ0) is 19.0. The first-order valence-corrected chi connectivity index (χ1v) is 8.53. The van der Waals surface area contributed by atoms with Gasteiger partial charge in [0.15, 0.2) is 6.61 Å². The Hall–Kier alpha value is -2.21. The van der Waals surface area contributed by atoms with Crippen LogP contribution in [0.5, 0.6) is 5.75 Å². The van der Waals surface area contributed by atoms with E-state index in [-0.39, 0.29) is 29.5 Å². The van der Waals surface area contributed by atoms with Crippen molar-refractivity contribution in [1.29, 1.82) is 0 Å². The van der Waals surface area contributed by atoms with E-state index in [2.05, 4.69) is 5.16 Å². The van der Waals surface area contributed by atoms with E-state index in [1.54, 1.807) is 12.1 Å². The van der Waals surface area contributed by atoms with E-state index in [0.29, 0.717) is 18.6 Å². The molecule has 26 heavy (non-hydrogen) atoms. The summed E-state index contributed by atoms with van der Waals surface area (Å²) in [7, 11) is 0. The molecule has 0 aliphatic rings. The van der Waals surface area contributed by atoms with Gasteiger partial charge < -0.3 is 9.57 Å². The van der Waals surface area contributed by atoms with Crippen LogP contribution in [0.15, 0.2) is 53.7 Å². The van der Waals surface area contributed by atoms with Crippen LogP contribution >= 0.6 is 11.6 Å². The van der Waals surface area contributed by atoms with E-state index >= 15 is 0 Å². The zero-order valence-corrected chi connectivity index (χ0v) is 15.0. The van der Waals surface area contributed by atoms with Gasteiger partial charge in [0.25, 0.3) is 0 Å². The standard InChI is InChI=1S/C19H19ClF3NO2/c1-2-6-18(16-13-14(20)9-10-17(16)19(21,22)23)24-26-12-11-25-15-7-4-3-5-8-15/h3-5,7-10,13H,2,6,11-12H2,1H3/b24-18+. The van der Waals surface area contributed by atoms with Crippen molar-refractivity contribution in [2.24, 2.45) is 5.16 Å². The average Bonchev–Trinajstić information content (AvgIpc) is 2.60. The Morgan fingerprint density at radius 3 is 2.46 bits per heavy atom. The van der Waals surface area contributed by atoms with Gasteiger partial charge in [-0.15, -0.1) is 0 Å². The van der Waals surface area contributed by atoms with E-state index in [1.807, 2.05) is 25.1 Å². The smallest absolute Gasteiger partial charge is 0.417 e. The number of hydrogen-bond acceptors (Lipinski definition) is 3. The molecule has 0 unspecified atom stereocenters. The molecule has 0 heterocycles. The van der Waals surface area contributed by atoms with Crippen molar-refractivity contribution in [3.63, 3.8) is 0 Å². The Labute approximate surface area is 155 Å². The largest absolute Gasteiger partial charge is 0.490 e. The molecule has 0 spiro atoms. The summed E-state index contributed by atoms with van der Waals surface area (Å²) >= 11 is 5.88. The highest BCUT2D eigenvalue weighted by Crippen LogP contribution is 2.34. The summed E-state index contributed by atoms with van der Waals surface area (Å²) in [6.45, 7) is 2.20. The van der Waals surface area contributed by atoms with Crippen LogP contribution in [-0.4, -0.2) is 18.9 Å². The van der Waals surface area contributed by atoms with Gasteiger partial charge in [-0.25, -0.2) is 0 Å². The molecule has 2 rings (SSSR count). The van der Waals surface area contributed by atoms with Crippen LogP contribution in [-0.2, 0) is 11.0 Å². The number of alkyl halides is 3. The molecule has 0 aromatic heterocycles. The minimum Gasteiger partial charge on any atom is -0.490 e. The summed E-state index contributed by atoms with van der Waals surface area (Å²) in [4.78, 5) is 5.18. The molecule has 0 saturated carbocycles. The predicted octanol–water partition coefficient (Wildman–Crippen LogP) is 5.96. The highest BCUT2D eigenvalue weighted by molar-refractivity contribution is 6.31. The lowest BCUT2D eigenvalue weighted by Gasteiger charge is -2.14. The molecule has 2 aromatic rings. The van der Waals surface area contributed by atoms with Gasteiger partial charge in [0.1, 0.15) is 12.4 Å². The van der Waals surface area contributed by atoms with E-state index in [1.165, 1.54) is 12.1 Å². The number of para-hydroxylation sites is 1. The van der Waals surface area contributed by atoms with Crippen LogP contribution in [0.4, 0.5) is 13.2 Å². The number of ether oxygens (including phenoxy) is 1. The second-order valence-corrected chi connectivity index (χ2v) is 5.91. The minimum absolute atomic E-state index is 0.0594. The van der Waals surface area contributed by atoms with E-state index < -0.39 is 11.7 Å². The lowest BCUT2D eigenvalue weighted by molar-refractivity contribution is -0.137. The van der Waals surface area contributed by atoms with Crippen molar-refractivity contribution in [3.05, 3.63) is 64.7 Å². The monoisotopic (exact) mass is 385 g/mol. The lowest BCUT2D eigenvalue weighted by atomic mass is 9.99. The van der Waals surface area contributed by atoms with Crippen molar-refractivity contribution >= 4 is 17.3 Å². The molecule has 0 amide bonds. The summed E-state index contributed by atoms with van der Waals surface area (Å²) in [6, 6.07) is 12.6. The van der Waals surface area contributed by atoms with Crippen molar-refractivity contribution in [2.75, 3.05) is 13.2 Å². The maximum absolute atomic E-state index is 13.3. The van der Waals surface area contributed by atoms with E-state index in [0.717, 1.165) is 6.07 Å². The fourth-order valence-corrected chi connectivity index (χ4v) is 2.48. The number of oxime groups is 1. The van der Waals surface area contributed by atoms with Crippen molar-refractivity contribution < 1.29 is 22.7 Å². The molecule has 0 fully saturated rings. The topological polar surface area (TPSA) is 30.8 Å². The van der Waals surface area contributed by atoms with Gasteiger partial charge in [-0.05, 0) is 36.8 Å². The van der Waals surface area contributed by atoms with E-state index in [4.69, 9.17) is 21.2 Å². The molecule has 0 aliphatic heterocycles. The normalized spacial score (nSPS) is 12.1. The van der Waals surface area contributed by atoms with Crippen LogP contribution in [0.2, 0.25) is 5.02 Å². The van der Waals surface area contributed by atoms with E-state index in [9.17, 15) is 13.2 Å². The van der Waals surface area contributed by atoms with Crippen molar-refractivity contribution in [3.8, 4) is 5.75 Å². The molecule has 0 radical (unpaired) electrons. The molecular weight excluding hydrogens is 367 g/mol. The fraction of sp³-hybridized carbons (Fsp3) is 0.316. The van der Waals surface area contributed by atoms with Gasteiger partial charge in [0.2, 0.25) is 0 Å². The fourth-order valence-electron chi connectivity index (χ4n) is 2.31. The number of halogens is 4. The highest BCUT2D eigenvalue weighted by atomic mass is 35.5. The van der Waals surface area contributed by atoms with Gasteiger partial charge in [-0.1, -0.05) is 48.3 Å². The van der Waals surface area contributed by atoms with Gasteiger partial charge in [0, 0.05) is 10.6 Å². The Balaban J connectivity index is 2.08. The van der Waals surface area contributed by atoms with Crippen LogP contribution < -0.4 is 4.74 Å². The number of hydrogen-bond donors (Lipinski definition) is 0. The summed E-state index contributed by atoms with van der Waals surface area (Å²) in [6.07, 6.45) is -3.54. The van der Waals surface area contributed by atoms with Crippen LogP contribution in [0.1, 0.15) is 30.9 Å². The first-order valence-electron chi connectivity index (χ1n) is 8.15. The molecular formula is C19H19ClF3NO2. The molecule has 0 bridgehead atoms. The molecule has 0 N–H and O–H groups in total. The Morgan fingerprint density at radius 2 is 1.81 bits per heavy atom. The van der Waals surface area contributed by atoms with Gasteiger partial charge in [-0.2, -0.15) is 13.2 Å². The summed E-state index contributed by atoms with van der Waals surface area (Å²) in [5.41, 5.74) is -0.629. The van der Waals surface area contributed by atoms with Gasteiger partial charge in [-0.3, -0.25) is 0 Å². The number of rotatable bonds is 8. The third kappa shape index (κ3) is 5.95. The molecule has 0 atom stereocenters. The lowest BCUT2D eigenvalue weighted by Crippen LogP contribution is -2.14. The minimum atomic E-state index is -4.50. The molecule has 2 aromatic carbocycles. The molecule has 3 nitrogen and oxygen atoms in total. The molecule has 7 heteroatoms. The maximum atomic E-state index is 13.3.